The summed E-state index contributed by atoms with van der Waals surface area (Å²) < 4.78 is 33.3. The number of thiophene rings is 1. The van der Waals surface area contributed by atoms with E-state index in [0.717, 1.165) is 16.9 Å². The lowest BCUT2D eigenvalue weighted by atomic mass is 9.73. The Bertz CT molecular complexity index is 1010. The number of hydrogen-bond donors (Lipinski definition) is 0. The first-order valence-corrected chi connectivity index (χ1v) is 12.7. The Morgan fingerprint density at radius 1 is 0.967 bits per heavy atom. The van der Waals surface area contributed by atoms with Gasteiger partial charge in [-0.25, -0.2) is 8.42 Å². The zero-order chi connectivity index (χ0) is 21.4. The first-order chi connectivity index (χ1) is 14.3. The van der Waals surface area contributed by atoms with Gasteiger partial charge in [-0.3, -0.25) is 4.79 Å². The Morgan fingerprint density at radius 3 is 2.17 bits per heavy atom. The molecule has 2 fully saturated rings. The molecule has 2 aromatic rings. The first-order valence-electron chi connectivity index (χ1n) is 9.72. The molecule has 0 atom stereocenters. The second-order valence-corrected chi connectivity index (χ2v) is 11.8. The molecule has 10 heteroatoms. The monoisotopic (exact) mass is 488 g/mol. The molecule has 0 spiro atoms. The minimum atomic E-state index is -3.59. The maximum absolute atomic E-state index is 13.6. The van der Waals surface area contributed by atoms with Gasteiger partial charge in [0, 0.05) is 44.4 Å². The summed E-state index contributed by atoms with van der Waals surface area (Å²) in [6.45, 7) is 2.26. The van der Waals surface area contributed by atoms with E-state index in [1.165, 1.54) is 10.4 Å². The van der Waals surface area contributed by atoms with Gasteiger partial charge in [-0.2, -0.15) is 4.31 Å². The molecule has 2 aliphatic rings. The number of piperazine rings is 1. The fourth-order valence-corrected chi connectivity index (χ4v) is 7.30. The number of halogens is 2. The number of nitrogens with zero attached hydrogens (tertiary/aromatic N) is 2. The molecular formula is C20H22Cl2N2O4S2. The van der Waals surface area contributed by atoms with Crippen LogP contribution in [0.3, 0.4) is 0 Å². The van der Waals surface area contributed by atoms with Crippen LogP contribution in [-0.4, -0.2) is 62.9 Å². The molecule has 0 saturated carbocycles. The van der Waals surface area contributed by atoms with Gasteiger partial charge in [0.2, 0.25) is 5.91 Å². The average Bonchev–Trinajstić information content (AvgIpc) is 3.21. The van der Waals surface area contributed by atoms with Crippen molar-refractivity contribution >= 4 is 50.5 Å². The standard InChI is InChI=1S/C20H22Cl2N2O4S2/c21-16-3-1-15(2-4-16)20(7-13-28-14-8-20)19(25)23-9-11-24(12-10-23)30(26,27)18-6-5-17(22)29-18/h1-6H,7-14H2. The third-order valence-electron chi connectivity index (χ3n) is 5.82. The van der Waals surface area contributed by atoms with Crippen molar-refractivity contribution in [1.29, 1.82) is 0 Å². The van der Waals surface area contributed by atoms with E-state index in [1.807, 2.05) is 12.1 Å². The van der Waals surface area contributed by atoms with E-state index in [2.05, 4.69) is 0 Å². The summed E-state index contributed by atoms with van der Waals surface area (Å²) in [7, 11) is -3.59. The smallest absolute Gasteiger partial charge is 0.252 e. The summed E-state index contributed by atoms with van der Waals surface area (Å²) in [5.74, 6) is 0.0318. The van der Waals surface area contributed by atoms with E-state index >= 15 is 0 Å². The average molecular weight is 489 g/mol. The van der Waals surface area contributed by atoms with Gasteiger partial charge in [0.15, 0.2) is 0 Å². The van der Waals surface area contributed by atoms with Crippen LogP contribution in [-0.2, 0) is 25.0 Å². The summed E-state index contributed by atoms with van der Waals surface area (Å²) in [6, 6.07) is 10.5. The lowest BCUT2D eigenvalue weighted by Gasteiger charge is -2.42. The first kappa shape index (κ1) is 22.0. The molecule has 0 N–H and O–H groups in total. The lowest BCUT2D eigenvalue weighted by Crippen LogP contribution is -2.56. The molecule has 3 heterocycles. The van der Waals surface area contributed by atoms with Crippen molar-refractivity contribution in [3.05, 3.63) is 51.3 Å². The minimum absolute atomic E-state index is 0.0318. The van der Waals surface area contributed by atoms with E-state index < -0.39 is 15.4 Å². The molecule has 0 radical (unpaired) electrons. The highest BCUT2D eigenvalue weighted by Crippen LogP contribution is 2.38. The number of sulfonamides is 1. The van der Waals surface area contributed by atoms with Gasteiger partial charge in [0.25, 0.3) is 10.0 Å². The Hall–Kier alpha value is -1.16. The van der Waals surface area contributed by atoms with Gasteiger partial charge >= 0.3 is 0 Å². The summed E-state index contributed by atoms with van der Waals surface area (Å²) >= 11 is 13.0. The molecule has 162 valence electrons. The van der Waals surface area contributed by atoms with Crippen LogP contribution >= 0.6 is 34.5 Å². The SMILES string of the molecule is O=C(N1CCN(S(=O)(=O)c2ccc(Cl)s2)CC1)C1(c2ccc(Cl)cc2)CCOCC1. The molecule has 0 unspecified atom stereocenters. The molecule has 30 heavy (non-hydrogen) atoms. The number of rotatable bonds is 4. The van der Waals surface area contributed by atoms with Crippen molar-refractivity contribution in [2.75, 3.05) is 39.4 Å². The number of amides is 1. The fraction of sp³-hybridized carbons (Fsp3) is 0.450. The topological polar surface area (TPSA) is 66.9 Å². The van der Waals surface area contributed by atoms with Crippen LogP contribution in [0.4, 0.5) is 0 Å². The van der Waals surface area contributed by atoms with Crippen molar-refractivity contribution in [3.8, 4) is 0 Å². The number of benzene rings is 1. The zero-order valence-electron chi connectivity index (χ0n) is 16.2. The Kier molecular flexibility index (Phi) is 6.44. The van der Waals surface area contributed by atoms with Crippen molar-refractivity contribution in [2.45, 2.75) is 22.5 Å². The Labute approximate surface area is 190 Å². The van der Waals surface area contributed by atoms with Gasteiger partial charge in [-0.15, -0.1) is 11.3 Å². The molecule has 0 aliphatic carbocycles. The number of carbonyl (C=O) groups is 1. The van der Waals surface area contributed by atoms with Crippen LogP contribution in [0.25, 0.3) is 0 Å². The molecule has 1 amide bonds. The Balaban J connectivity index is 1.51. The van der Waals surface area contributed by atoms with Crippen LogP contribution in [0, 0.1) is 0 Å². The molecular weight excluding hydrogens is 467 g/mol. The van der Waals surface area contributed by atoms with E-state index in [1.54, 1.807) is 23.1 Å². The van der Waals surface area contributed by atoms with Gasteiger partial charge < -0.3 is 9.64 Å². The summed E-state index contributed by atoms with van der Waals surface area (Å²) in [5.41, 5.74) is 0.272. The molecule has 2 aliphatic heterocycles. The molecule has 0 bridgehead atoms. The van der Waals surface area contributed by atoms with E-state index in [4.69, 9.17) is 27.9 Å². The third-order valence-corrected chi connectivity index (χ3v) is 9.67. The highest BCUT2D eigenvalue weighted by atomic mass is 35.5. The third kappa shape index (κ3) is 4.13. The second kappa shape index (κ2) is 8.76. The maximum atomic E-state index is 13.6. The Morgan fingerprint density at radius 2 is 1.60 bits per heavy atom. The minimum Gasteiger partial charge on any atom is -0.381 e. The second-order valence-electron chi connectivity index (χ2n) is 7.46. The molecule has 1 aromatic carbocycles. The van der Waals surface area contributed by atoms with Crippen LogP contribution in [0.1, 0.15) is 18.4 Å². The maximum Gasteiger partial charge on any atom is 0.252 e. The molecule has 1 aromatic heterocycles. The predicted octanol–water partition coefficient (Wildman–Crippen LogP) is 3.64. The summed E-state index contributed by atoms with van der Waals surface area (Å²) in [6.07, 6.45) is 1.19. The quantitative estimate of drug-likeness (QED) is 0.658. The molecule has 6 nitrogen and oxygen atoms in total. The molecule has 2 saturated heterocycles. The number of ether oxygens (including phenoxy) is 1. The van der Waals surface area contributed by atoms with Crippen molar-refractivity contribution < 1.29 is 17.9 Å². The number of hydrogen-bond acceptors (Lipinski definition) is 5. The highest BCUT2D eigenvalue weighted by molar-refractivity contribution is 7.91. The van der Waals surface area contributed by atoms with Gasteiger partial charge in [-0.05, 0) is 42.7 Å². The van der Waals surface area contributed by atoms with E-state index in [-0.39, 0.29) is 23.2 Å². The van der Waals surface area contributed by atoms with E-state index in [0.29, 0.717) is 48.5 Å². The van der Waals surface area contributed by atoms with Crippen molar-refractivity contribution in [3.63, 3.8) is 0 Å². The zero-order valence-corrected chi connectivity index (χ0v) is 19.4. The van der Waals surface area contributed by atoms with Gasteiger partial charge in [0.1, 0.15) is 4.21 Å². The van der Waals surface area contributed by atoms with Crippen LogP contribution < -0.4 is 0 Å². The lowest BCUT2D eigenvalue weighted by molar-refractivity contribution is -0.142. The van der Waals surface area contributed by atoms with Crippen molar-refractivity contribution in [2.24, 2.45) is 0 Å². The van der Waals surface area contributed by atoms with Gasteiger partial charge in [-0.1, -0.05) is 35.3 Å². The van der Waals surface area contributed by atoms with Crippen LogP contribution in [0.15, 0.2) is 40.6 Å². The number of carbonyl (C=O) groups excluding carboxylic acids is 1. The summed E-state index contributed by atoms with van der Waals surface area (Å²) in [5, 5.41) is 0.626. The summed E-state index contributed by atoms with van der Waals surface area (Å²) in [4.78, 5) is 15.4. The molecule has 4 rings (SSSR count). The van der Waals surface area contributed by atoms with Crippen LogP contribution in [0.5, 0.6) is 0 Å². The normalized spacial score (nSPS) is 20.3. The largest absolute Gasteiger partial charge is 0.381 e. The van der Waals surface area contributed by atoms with Crippen molar-refractivity contribution in [1.82, 2.24) is 9.21 Å². The van der Waals surface area contributed by atoms with Crippen LogP contribution in [0.2, 0.25) is 9.36 Å². The fourth-order valence-electron chi connectivity index (χ4n) is 4.11. The van der Waals surface area contributed by atoms with E-state index in [9.17, 15) is 13.2 Å². The van der Waals surface area contributed by atoms with Gasteiger partial charge in [0.05, 0.1) is 9.75 Å². The highest BCUT2D eigenvalue weighted by Gasteiger charge is 2.45. The predicted molar refractivity (Wildman–Crippen MR) is 118 cm³/mol.